The van der Waals surface area contributed by atoms with Gasteiger partial charge in [-0.1, -0.05) is 38.0 Å². The molecule has 0 aliphatic heterocycles. The van der Waals surface area contributed by atoms with Crippen LogP contribution in [0.5, 0.6) is 0 Å². The van der Waals surface area contributed by atoms with Gasteiger partial charge in [-0.05, 0) is 24.8 Å². The first-order valence-electron chi connectivity index (χ1n) is 7.35. The Morgan fingerprint density at radius 2 is 2.20 bits per heavy atom. The topological polar surface area (TPSA) is 39.4 Å². The predicted molar refractivity (Wildman–Crippen MR) is 77.9 cm³/mol. The summed E-state index contributed by atoms with van der Waals surface area (Å²) in [5.74, 6) is 0.715. The molecule has 0 N–H and O–H groups in total. The minimum Gasteiger partial charge on any atom is -0.464 e. The van der Waals surface area contributed by atoms with E-state index < -0.39 is 0 Å². The zero-order valence-corrected chi connectivity index (χ0v) is 11.8. The van der Waals surface area contributed by atoms with Crippen molar-refractivity contribution in [3.63, 3.8) is 0 Å². The summed E-state index contributed by atoms with van der Waals surface area (Å²) in [5.41, 5.74) is 1.38. The van der Waals surface area contributed by atoms with E-state index >= 15 is 0 Å². The minimum atomic E-state index is 0.00757. The highest BCUT2D eigenvalue weighted by atomic mass is 16.5. The lowest BCUT2D eigenvalue weighted by Gasteiger charge is -2.26. The van der Waals surface area contributed by atoms with Gasteiger partial charge in [-0.3, -0.25) is 4.79 Å². The standard InChI is InChI=1S/C17H20O3/c1-12-5-4-6-13(9-12)19-11-16(18)15-10-20-17-8-3-2-7-14(15)17/h2-3,7-8,10,12-13H,4-6,9,11H2,1H3. The number of benzene rings is 1. The van der Waals surface area contributed by atoms with Crippen molar-refractivity contribution in [3.05, 3.63) is 36.1 Å². The molecular weight excluding hydrogens is 252 g/mol. The van der Waals surface area contributed by atoms with Gasteiger partial charge in [-0.15, -0.1) is 0 Å². The molecule has 3 heteroatoms. The molecule has 0 bridgehead atoms. The van der Waals surface area contributed by atoms with Crippen molar-refractivity contribution in [1.82, 2.24) is 0 Å². The number of ketones is 1. The van der Waals surface area contributed by atoms with E-state index in [9.17, 15) is 4.79 Å². The quantitative estimate of drug-likeness (QED) is 0.783. The predicted octanol–water partition coefficient (Wildman–Crippen LogP) is 4.21. The van der Waals surface area contributed by atoms with Crippen LogP contribution in [-0.4, -0.2) is 18.5 Å². The molecule has 0 amide bonds. The van der Waals surface area contributed by atoms with Gasteiger partial charge in [0.2, 0.25) is 0 Å². The molecule has 3 nitrogen and oxygen atoms in total. The van der Waals surface area contributed by atoms with Gasteiger partial charge in [0, 0.05) is 5.39 Å². The lowest BCUT2D eigenvalue weighted by atomic mass is 9.89. The lowest BCUT2D eigenvalue weighted by Crippen LogP contribution is -2.24. The maximum absolute atomic E-state index is 12.3. The van der Waals surface area contributed by atoms with Crippen LogP contribution in [0.4, 0.5) is 0 Å². The van der Waals surface area contributed by atoms with Crippen molar-refractivity contribution in [1.29, 1.82) is 0 Å². The first kappa shape index (κ1) is 13.4. The average molecular weight is 272 g/mol. The van der Waals surface area contributed by atoms with Gasteiger partial charge in [0.25, 0.3) is 0 Å². The number of ether oxygens (including phenoxy) is 1. The van der Waals surface area contributed by atoms with Gasteiger partial charge >= 0.3 is 0 Å². The van der Waals surface area contributed by atoms with E-state index in [1.54, 1.807) is 6.26 Å². The van der Waals surface area contributed by atoms with E-state index in [4.69, 9.17) is 9.15 Å². The normalized spacial score (nSPS) is 23.1. The van der Waals surface area contributed by atoms with Gasteiger partial charge < -0.3 is 9.15 Å². The fraction of sp³-hybridized carbons (Fsp3) is 0.471. The molecule has 1 aromatic carbocycles. The molecule has 1 aromatic heterocycles. The first-order valence-corrected chi connectivity index (χ1v) is 7.35. The molecule has 1 heterocycles. The Bertz CT molecular complexity index is 599. The number of carbonyl (C=O) groups excluding carboxylic acids is 1. The zero-order valence-electron chi connectivity index (χ0n) is 11.8. The third-order valence-electron chi connectivity index (χ3n) is 4.12. The Balaban J connectivity index is 1.64. The largest absolute Gasteiger partial charge is 0.464 e. The van der Waals surface area contributed by atoms with Crippen LogP contribution in [0.2, 0.25) is 0 Å². The molecule has 1 aliphatic carbocycles. The minimum absolute atomic E-state index is 0.00757. The second-order valence-electron chi connectivity index (χ2n) is 5.77. The maximum Gasteiger partial charge on any atom is 0.192 e. The monoisotopic (exact) mass is 272 g/mol. The first-order chi connectivity index (χ1) is 9.74. The number of fused-ring (bicyclic) bond motifs is 1. The molecule has 0 spiro atoms. The maximum atomic E-state index is 12.3. The van der Waals surface area contributed by atoms with Crippen molar-refractivity contribution >= 4 is 16.8 Å². The third kappa shape index (κ3) is 2.78. The van der Waals surface area contributed by atoms with Gasteiger partial charge in [0.1, 0.15) is 18.5 Å². The average Bonchev–Trinajstić information content (AvgIpc) is 2.89. The Morgan fingerprint density at radius 3 is 3.05 bits per heavy atom. The fourth-order valence-corrected chi connectivity index (χ4v) is 2.99. The molecule has 2 atom stereocenters. The van der Waals surface area contributed by atoms with Gasteiger partial charge in [0.05, 0.1) is 11.7 Å². The van der Waals surface area contributed by atoms with Crippen LogP contribution >= 0.6 is 0 Å². The Kier molecular flexibility index (Phi) is 3.88. The van der Waals surface area contributed by atoms with Crippen molar-refractivity contribution < 1.29 is 13.9 Å². The summed E-state index contributed by atoms with van der Waals surface area (Å²) in [6.07, 6.45) is 6.40. The Morgan fingerprint density at radius 1 is 1.35 bits per heavy atom. The highest BCUT2D eigenvalue weighted by molar-refractivity contribution is 6.07. The van der Waals surface area contributed by atoms with E-state index in [0.29, 0.717) is 11.5 Å². The summed E-state index contributed by atoms with van der Waals surface area (Å²) >= 11 is 0. The van der Waals surface area contributed by atoms with Crippen molar-refractivity contribution in [2.75, 3.05) is 6.61 Å². The summed E-state index contributed by atoms with van der Waals surface area (Å²) in [5, 5.41) is 0.873. The lowest BCUT2D eigenvalue weighted by molar-refractivity contribution is 0.0182. The second-order valence-corrected chi connectivity index (χ2v) is 5.77. The zero-order chi connectivity index (χ0) is 13.9. The summed E-state index contributed by atoms with van der Waals surface area (Å²) in [6, 6.07) is 7.60. The van der Waals surface area contributed by atoms with Gasteiger partial charge in [0.15, 0.2) is 5.78 Å². The van der Waals surface area contributed by atoms with Crippen LogP contribution < -0.4 is 0 Å². The van der Waals surface area contributed by atoms with E-state index in [1.807, 2.05) is 24.3 Å². The summed E-state index contributed by atoms with van der Waals surface area (Å²) in [4.78, 5) is 12.3. The van der Waals surface area contributed by atoms with Crippen molar-refractivity contribution in [2.45, 2.75) is 38.7 Å². The SMILES string of the molecule is CC1CCCC(OCC(=O)c2coc3ccccc23)C1. The number of rotatable bonds is 4. The smallest absolute Gasteiger partial charge is 0.192 e. The van der Waals surface area contributed by atoms with Crippen LogP contribution in [0.15, 0.2) is 34.9 Å². The number of carbonyl (C=O) groups is 1. The molecule has 106 valence electrons. The molecule has 2 unspecified atom stereocenters. The molecule has 0 radical (unpaired) electrons. The van der Waals surface area contributed by atoms with Crippen LogP contribution in [0.1, 0.15) is 43.0 Å². The number of Topliss-reactive ketones (excluding diaryl/α,β-unsaturated/α-hetero) is 1. The molecular formula is C17H20O3. The van der Waals surface area contributed by atoms with Crippen LogP contribution in [0.25, 0.3) is 11.0 Å². The van der Waals surface area contributed by atoms with Gasteiger partial charge in [-0.25, -0.2) is 0 Å². The molecule has 3 rings (SSSR count). The summed E-state index contributed by atoms with van der Waals surface area (Å²) in [6.45, 7) is 2.40. The van der Waals surface area contributed by atoms with E-state index in [0.717, 1.165) is 23.8 Å². The molecule has 1 fully saturated rings. The summed E-state index contributed by atoms with van der Waals surface area (Å²) < 4.78 is 11.2. The Hall–Kier alpha value is -1.61. The number of para-hydroxylation sites is 1. The van der Waals surface area contributed by atoms with Crippen LogP contribution in [0, 0.1) is 5.92 Å². The fourth-order valence-electron chi connectivity index (χ4n) is 2.99. The van der Waals surface area contributed by atoms with Crippen LogP contribution in [-0.2, 0) is 4.74 Å². The summed E-state index contributed by atoms with van der Waals surface area (Å²) in [7, 11) is 0. The Labute approximate surface area is 118 Å². The molecule has 1 aliphatic rings. The molecule has 2 aromatic rings. The van der Waals surface area contributed by atoms with Crippen LogP contribution in [0.3, 0.4) is 0 Å². The highest BCUT2D eigenvalue weighted by Gasteiger charge is 2.21. The van der Waals surface area contributed by atoms with Crippen molar-refractivity contribution in [3.8, 4) is 0 Å². The van der Waals surface area contributed by atoms with E-state index in [2.05, 4.69) is 6.92 Å². The van der Waals surface area contributed by atoms with Crippen molar-refractivity contribution in [2.24, 2.45) is 5.92 Å². The number of furan rings is 1. The number of hydrogen-bond donors (Lipinski definition) is 0. The highest BCUT2D eigenvalue weighted by Crippen LogP contribution is 2.26. The molecule has 20 heavy (non-hydrogen) atoms. The van der Waals surface area contributed by atoms with E-state index in [-0.39, 0.29) is 18.5 Å². The van der Waals surface area contributed by atoms with E-state index in [1.165, 1.54) is 12.8 Å². The molecule has 1 saturated carbocycles. The molecule has 0 saturated heterocycles. The third-order valence-corrected chi connectivity index (χ3v) is 4.12. The second kappa shape index (κ2) is 5.80. The van der Waals surface area contributed by atoms with Gasteiger partial charge in [-0.2, -0.15) is 0 Å². The number of hydrogen-bond acceptors (Lipinski definition) is 3.